The van der Waals surface area contributed by atoms with Gasteiger partial charge >= 0.3 is 0 Å². The summed E-state index contributed by atoms with van der Waals surface area (Å²) in [5, 5.41) is 14.8. The number of anilines is 2. The molecule has 2 aromatic rings. The number of hydrogen-bond acceptors (Lipinski definition) is 4. The molecule has 0 amide bonds. The van der Waals surface area contributed by atoms with E-state index in [1.54, 1.807) is 18.2 Å². The molecule has 108 valence electrons. The van der Waals surface area contributed by atoms with Crippen molar-refractivity contribution in [3.63, 3.8) is 0 Å². The van der Waals surface area contributed by atoms with Gasteiger partial charge in [-0.25, -0.2) is 4.68 Å². The molecule has 3 rings (SSSR count). The van der Waals surface area contributed by atoms with Gasteiger partial charge in [0.05, 0.1) is 10.7 Å². The minimum Gasteiger partial charge on any atom is -0.382 e. The number of nitrogen functional groups attached to an aromatic ring is 1. The fraction of sp³-hybridized carbons (Fsp3) is 0.286. The second kappa shape index (κ2) is 5.47. The zero-order valence-corrected chi connectivity index (χ0v) is 12.7. The Balaban J connectivity index is 2.13. The summed E-state index contributed by atoms with van der Waals surface area (Å²) in [6, 6.07) is 7.22. The highest BCUT2D eigenvalue weighted by Gasteiger charge is 2.24. The van der Waals surface area contributed by atoms with Gasteiger partial charge in [-0.15, -0.1) is 5.10 Å². The molecule has 0 saturated carbocycles. The van der Waals surface area contributed by atoms with Crippen molar-refractivity contribution in [1.82, 2.24) is 9.78 Å². The van der Waals surface area contributed by atoms with E-state index < -0.39 is 0 Å². The quantitative estimate of drug-likeness (QED) is 0.921. The first-order valence-corrected chi connectivity index (χ1v) is 7.36. The summed E-state index contributed by atoms with van der Waals surface area (Å²) in [4.78, 5) is 2.08. The number of rotatable bonds is 2. The first-order chi connectivity index (χ1) is 10.1. The van der Waals surface area contributed by atoms with Crippen LogP contribution in [0.4, 0.5) is 11.6 Å². The topological polar surface area (TPSA) is 70.9 Å². The van der Waals surface area contributed by atoms with Gasteiger partial charge in [0.1, 0.15) is 17.5 Å². The summed E-state index contributed by atoms with van der Waals surface area (Å²) in [5.41, 5.74) is 7.08. The third kappa shape index (κ3) is 2.41. The van der Waals surface area contributed by atoms with E-state index >= 15 is 0 Å². The SMILES string of the molecule is N#Cc1c(N2CCCC2)nn(-c2ccc(Cl)cc2Cl)c1N. The maximum Gasteiger partial charge on any atom is 0.171 e. The largest absolute Gasteiger partial charge is 0.382 e. The molecule has 21 heavy (non-hydrogen) atoms. The van der Waals surface area contributed by atoms with E-state index in [0.29, 0.717) is 32.9 Å². The van der Waals surface area contributed by atoms with Gasteiger partial charge in [-0.3, -0.25) is 0 Å². The summed E-state index contributed by atoms with van der Waals surface area (Å²) in [6.07, 6.45) is 2.19. The van der Waals surface area contributed by atoms with Crippen molar-refractivity contribution in [1.29, 1.82) is 5.26 Å². The van der Waals surface area contributed by atoms with Crippen molar-refractivity contribution < 1.29 is 0 Å². The molecule has 1 aliphatic heterocycles. The van der Waals surface area contributed by atoms with Crippen LogP contribution < -0.4 is 10.6 Å². The third-order valence-electron chi connectivity index (χ3n) is 3.56. The van der Waals surface area contributed by atoms with Crippen molar-refractivity contribution in [3.05, 3.63) is 33.8 Å². The molecule has 1 fully saturated rings. The lowest BCUT2D eigenvalue weighted by Crippen LogP contribution is -2.19. The zero-order valence-electron chi connectivity index (χ0n) is 11.2. The van der Waals surface area contributed by atoms with Crippen molar-refractivity contribution in [3.8, 4) is 11.8 Å². The van der Waals surface area contributed by atoms with E-state index in [4.69, 9.17) is 28.9 Å². The van der Waals surface area contributed by atoms with Crippen LogP contribution in [0.1, 0.15) is 18.4 Å². The minimum absolute atomic E-state index is 0.295. The highest BCUT2D eigenvalue weighted by Crippen LogP contribution is 2.32. The van der Waals surface area contributed by atoms with Crippen LogP contribution in [-0.2, 0) is 0 Å². The van der Waals surface area contributed by atoms with E-state index in [9.17, 15) is 5.26 Å². The second-order valence-corrected chi connectivity index (χ2v) is 5.74. The van der Waals surface area contributed by atoms with Crippen LogP contribution in [0.15, 0.2) is 18.2 Å². The first-order valence-electron chi connectivity index (χ1n) is 6.61. The Morgan fingerprint density at radius 3 is 2.57 bits per heavy atom. The number of nitrogens with zero attached hydrogens (tertiary/aromatic N) is 4. The standard InChI is InChI=1S/C14H13Cl2N5/c15-9-3-4-12(11(16)7-9)21-13(18)10(8-17)14(19-21)20-5-1-2-6-20/h3-4,7H,1-2,5-6,18H2. The van der Waals surface area contributed by atoms with Gasteiger partial charge in [0.15, 0.2) is 5.82 Å². The molecule has 2 N–H and O–H groups in total. The minimum atomic E-state index is 0.295. The lowest BCUT2D eigenvalue weighted by atomic mass is 10.3. The van der Waals surface area contributed by atoms with Crippen LogP contribution in [-0.4, -0.2) is 22.9 Å². The number of halogens is 2. The lowest BCUT2D eigenvalue weighted by molar-refractivity contribution is 0.850. The molecule has 1 aromatic heterocycles. The molecule has 0 unspecified atom stereocenters. The maximum absolute atomic E-state index is 9.37. The molecule has 0 bridgehead atoms. The van der Waals surface area contributed by atoms with Crippen LogP contribution >= 0.6 is 23.2 Å². The van der Waals surface area contributed by atoms with E-state index in [1.807, 2.05) is 0 Å². The molecule has 1 saturated heterocycles. The average molecular weight is 322 g/mol. The third-order valence-corrected chi connectivity index (χ3v) is 4.10. The van der Waals surface area contributed by atoms with Crippen LogP contribution in [0.25, 0.3) is 5.69 Å². The molecule has 1 aromatic carbocycles. The summed E-state index contributed by atoms with van der Waals surface area (Å²) >= 11 is 12.1. The number of nitriles is 1. The van der Waals surface area contributed by atoms with Crippen molar-refractivity contribution in [2.45, 2.75) is 12.8 Å². The maximum atomic E-state index is 9.37. The molecular weight excluding hydrogens is 309 g/mol. The van der Waals surface area contributed by atoms with E-state index in [-0.39, 0.29) is 0 Å². The van der Waals surface area contributed by atoms with E-state index in [2.05, 4.69) is 16.1 Å². The van der Waals surface area contributed by atoms with Gasteiger partial charge in [-0.1, -0.05) is 23.2 Å². The fourth-order valence-corrected chi connectivity index (χ4v) is 3.00. The Bertz CT molecular complexity index is 726. The number of nitrogens with two attached hydrogens (primary N) is 1. The molecule has 0 aliphatic carbocycles. The van der Waals surface area contributed by atoms with Gasteiger partial charge in [0.25, 0.3) is 0 Å². The highest BCUT2D eigenvalue weighted by atomic mass is 35.5. The average Bonchev–Trinajstić information content (AvgIpc) is 3.07. The van der Waals surface area contributed by atoms with Crippen LogP contribution in [0, 0.1) is 11.3 Å². The Labute approximate surface area is 132 Å². The molecule has 1 aliphatic rings. The molecule has 5 nitrogen and oxygen atoms in total. The Morgan fingerprint density at radius 1 is 1.24 bits per heavy atom. The van der Waals surface area contributed by atoms with Crippen molar-refractivity contribution in [2.75, 3.05) is 23.7 Å². The predicted octanol–water partition coefficient (Wildman–Crippen LogP) is 3.23. The van der Waals surface area contributed by atoms with Gasteiger partial charge in [0.2, 0.25) is 0 Å². The molecule has 0 atom stereocenters. The molecule has 0 radical (unpaired) electrons. The van der Waals surface area contributed by atoms with Gasteiger partial charge in [-0.2, -0.15) is 5.26 Å². The normalized spacial score (nSPS) is 14.4. The first kappa shape index (κ1) is 14.1. The summed E-state index contributed by atoms with van der Waals surface area (Å²) in [6.45, 7) is 1.78. The number of benzene rings is 1. The van der Waals surface area contributed by atoms with Gasteiger partial charge < -0.3 is 10.6 Å². The van der Waals surface area contributed by atoms with E-state index in [1.165, 1.54) is 4.68 Å². The second-order valence-electron chi connectivity index (χ2n) is 4.90. The Kier molecular flexibility index (Phi) is 3.66. The Morgan fingerprint density at radius 2 is 1.95 bits per heavy atom. The monoisotopic (exact) mass is 321 g/mol. The summed E-state index contributed by atoms with van der Waals surface area (Å²) < 4.78 is 1.50. The smallest absolute Gasteiger partial charge is 0.171 e. The molecular formula is C14H13Cl2N5. The summed E-state index contributed by atoms with van der Waals surface area (Å²) in [7, 11) is 0. The van der Waals surface area contributed by atoms with Gasteiger partial charge in [-0.05, 0) is 31.0 Å². The van der Waals surface area contributed by atoms with Crippen LogP contribution in [0.5, 0.6) is 0 Å². The summed E-state index contributed by atoms with van der Waals surface area (Å²) in [5.74, 6) is 0.919. The molecule has 0 spiro atoms. The number of aromatic nitrogens is 2. The van der Waals surface area contributed by atoms with Crippen LogP contribution in [0.3, 0.4) is 0 Å². The van der Waals surface area contributed by atoms with Crippen molar-refractivity contribution >= 4 is 34.8 Å². The predicted molar refractivity (Wildman–Crippen MR) is 84.2 cm³/mol. The Hall–Kier alpha value is -1.90. The zero-order chi connectivity index (χ0) is 15.0. The van der Waals surface area contributed by atoms with Gasteiger partial charge in [0, 0.05) is 18.1 Å². The fourth-order valence-electron chi connectivity index (χ4n) is 2.51. The van der Waals surface area contributed by atoms with Crippen molar-refractivity contribution in [2.24, 2.45) is 0 Å². The molecule has 2 heterocycles. The molecule has 7 heteroatoms. The van der Waals surface area contributed by atoms with E-state index in [0.717, 1.165) is 25.9 Å². The number of hydrogen-bond donors (Lipinski definition) is 1. The highest BCUT2D eigenvalue weighted by molar-refractivity contribution is 6.35. The lowest BCUT2D eigenvalue weighted by Gasteiger charge is -2.13. The van der Waals surface area contributed by atoms with Crippen LogP contribution in [0.2, 0.25) is 10.0 Å².